The van der Waals surface area contributed by atoms with E-state index >= 15 is 0 Å². The van der Waals surface area contributed by atoms with Gasteiger partial charge in [0.1, 0.15) is 17.0 Å². The van der Waals surface area contributed by atoms with Crippen LogP contribution in [0.2, 0.25) is 0 Å². The summed E-state index contributed by atoms with van der Waals surface area (Å²) in [4.78, 5) is 22.1. The maximum absolute atomic E-state index is 13.3. The van der Waals surface area contributed by atoms with Crippen molar-refractivity contribution < 1.29 is 18.7 Å². The number of ketones is 1. The first kappa shape index (κ1) is 13.9. The minimum Gasteiger partial charge on any atom is -0.494 e. The fourth-order valence-corrected chi connectivity index (χ4v) is 1.49. The fourth-order valence-electron chi connectivity index (χ4n) is 1.19. The van der Waals surface area contributed by atoms with Crippen molar-refractivity contribution in [2.24, 2.45) is 0 Å². The molecule has 0 saturated carbocycles. The van der Waals surface area contributed by atoms with Crippen LogP contribution in [-0.4, -0.2) is 29.9 Å². The molecule has 2 atom stereocenters. The number of hydrogen-bond acceptors (Lipinski definition) is 3. The van der Waals surface area contributed by atoms with E-state index in [1.54, 1.807) is 0 Å². The molecule has 0 bridgehead atoms. The van der Waals surface area contributed by atoms with Gasteiger partial charge in [-0.1, -0.05) is 0 Å². The van der Waals surface area contributed by atoms with Crippen LogP contribution in [-0.2, 0) is 4.79 Å². The van der Waals surface area contributed by atoms with Gasteiger partial charge in [0, 0.05) is 5.56 Å². The number of Topliss-reactive ketones (excluding diaryl/α,β-unsaturated/α-hetero) is 1. The molecule has 0 amide bonds. The number of hydrogen-bond donors (Lipinski definition) is 0. The van der Waals surface area contributed by atoms with Gasteiger partial charge >= 0.3 is 0 Å². The molecule has 1 aromatic rings. The van der Waals surface area contributed by atoms with Crippen molar-refractivity contribution in [2.75, 3.05) is 7.11 Å². The van der Waals surface area contributed by atoms with E-state index < -0.39 is 22.4 Å². The molecule has 0 aliphatic carbocycles. The molecule has 92 valence electrons. The lowest BCUT2D eigenvalue weighted by Gasteiger charge is -2.10. The molecule has 3 nitrogen and oxygen atoms in total. The smallest absolute Gasteiger partial charge is 0.182 e. The van der Waals surface area contributed by atoms with Crippen molar-refractivity contribution in [3.05, 3.63) is 29.6 Å². The number of carbonyl (C=O) groups excluding carboxylic acids is 2. The number of halogens is 3. The molecule has 0 spiro atoms. The van der Waals surface area contributed by atoms with E-state index in [1.165, 1.54) is 19.2 Å². The summed E-state index contributed by atoms with van der Waals surface area (Å²) in [6, 6.07) is 3.65. The van der Waals surface area contributed by atoms with Gasteiger partial charge in [-0.15, -0.1) is 23.2 Å². The summed E-state index contributed by atoms with van der Waals surface area (Å²) in [6.07, 6.45) is 0.358. The highest BCUT2D eigenvalue weighted by atomic mass is 35.5. The molecule has 2 unspecified atom stereocenters. The highest BCUT2D eigenvalue weighted by molar-refractivity contribution is 6.43. The van der Waals surface area contributed by atoms with Gasteiger partial charge in [0.15, 0.2) is 17.3 Å². The normalized spacial score (nSPS) is 13.9. The Labute approximate surface area is 107 Å². The highest BCUT2D eigenvalue weighted by Gasteiger charge is 2.25. The molecular formula is C11H9Cl2FO3. The van der Waals surface area contributed by atoms with Gasteiger partial charge in [-0.2, -0.15) is 0 Å². The standard InChI is InChI=1S/C11H9Cl2FO3/c1-17-9-3-2-6(4-8(9)14)11(16)10(13)7(12)5-15/h2-5,7,10H,1H3. The van der Waals surface area contributed by atoms with Crippen LogP contribution < -0.4 is 4.74 Å². The maximum atomic E-state index is 13.3. The van der Waals surface area contributed by atoms with Gasteiger partial charge in [0.05, 0.1) is 7.11 Å². The van der Waals surface area contributed by atoms with Gasteiger partial charge in [-0.05, 0) is 18.2 Å². The van der Waals surface area contributed by atoms with Crippen LogP contribution in [0.15, 0.2) is 18.2 Å². The van der Waals surface area contributed by atoms with E-state index in [1.807, 2.05) is 0 Å². The number of carbonyl (C=O) groups is 2. The Kier molecular flexibility index (Phi) is 4.90. The molecular weight excluding hydrogens is 270 g/mol. The Bertz CT molecular complexity index is 437. The van der Waals surface area contributed by atoms with Crippen molar-refractivity contribution in [3.63, 3.8) is 0 Å². The molecule has 0 heterocycles. The first-order valence-electron chi connectivity index (χ1n) is 4.62. The molecule has 0 aliphatic heterocycles. The second kappa shape index (κ2) is 5.98. The summed E-state index contributed by atoms with van der Waals surface area (Å²) >= 11 is 11.2. The molecule has 0 aliphatic rings. The largest absolute Gasteiger partial charge is 0.494 e. The average molecular weight is 279 g/mol. The number of alkyl halides is 2. The SMILES string of the molecule is COc1ccc(C(=O)C(Cl)C(Cl)C=O)cc1F. The first-order valence-corrected chi connectivity index (χ1v) is 5.49. The summed E-state index contributed by atoms with van der Waals surface area (Å²) in [5.74, 6) is -1.27. The third-order valence-electron chi connectivity index (χ3n) is 2.10. The molecule has 0 fully saturated rings. The monoisotopic (exact) mass is 278 g/mol. The second-order valence-electron chi connectivity index (χ2n) is 3.20. The Balaban J connectivity index is 2.97. The van der Waals surface area contributed by atoms with Gasteiger partial charge in [0.25, 0.3) is 0 Å². The lowest BCUT2D eigenvalue weighted by molar-refractivity contribution is -0.107. The Morgan fingerprint density at radius 1 is 1.47 bits per heavy atom. The van der Waals surface area contributed by atoms with Crippen LogP contribution in [0.3, 0.4) is 0 Å². The number of benzene rings is 1. The Morgan fingerprint density at radius 2 is 2.12 bits per heavy atom. The van der Waals surface area contributed by atoms with Crippen molar-refractivity contribution in [2.45, 2.75) is 10.8 Å². The topological polar surface area (TPSA) is 43.4 Å². The summed E-state index contributed by atoms with van der Waals surface area (Å²) in [7, 11) is 1.31. The summed E-state index contributed by atoms with van der Waals surface area (Å²) < 4.78 is 18.0. The molecule has 1 rings (SSSR count). The Morgan fingerprint density at radius 3 is 2.59 bits per heavy atom. The van der Waals surface area contributed by atoms with Crippen LogP contribution in [0.25, 0.3) is 0 Å². The minimum atomic E-state index is -1.22. The van der Waals surface area contributed by atoms with Crippen molar-refractivity contribution in [3.8, 4) is 5.75 Å². The fraction of sp³-hybridized carbons (Fsp3) is 0.273. The molecule has 1 aromatic carbocycles. The van der Waals surface area contributed by atoms with Crippen LogP contribution >= 0.6 is 23.2 Å². The van der Waals surface area contributed by atoms with Crippen LogP contribution in [0.1, 0.15) is 10.4 Å². The van der Waals surface area contributed by atoms with Crippen LogP contribution in [0.4, 0.5) is 4.39 Å². The molecule has 0 N–H and O–H groups in total. The third kappa shape index (κ3) is 3.17. The van der Waals surface area contributed by atoms with E-state index in [0.29, 0.717) is 6.29 Å². The number of methoxy groups -OCH3 is 1. The number of ether oxygens (including phenoxy) is 1. The number of rotatable bonds is 5. The highest BCUT2D eigenvalue weighted by Crippen LogP contribution is 2.21. The van der Waals surface area contributed by atoms with Crippen LogP contribution in [0.5, 0.6) is 5.75 Å². The van der Waals surface area contributed by atoms with Gasteiger partial charge in [-0.25, -0.2) is 4.39 Å². The van der Waals surface area contributed by atoms with Gasteiger partial charge < -0.3 is 9.53 Å². The zero-order valence-electron chi connectivity index (χ0n) is 8.82. The predicted octanol–water partition coefficient (Wildman–Crippen LogP) is 2.43. The predicted molar refractivity (Wildman–Crippen MR) is 62.6 cm³/mol. The lowest BCUT2D eigenvalue weighted by Crippen LogP contribution is -2.26. The summed E-state index contributed by atoms with van der Waals surface area (Å²) in [5.41, 5.74) is 0.0378. The summed E-state index contributed by atoms with van der Waals surface area (Å²) in [6.45, 7) is 0. The zero-order chi connectivity index (χ0) is 13.0. The molecule has 0 saturated heterocycles. The molecule has 0 radical (unpaired) electrons. The first-order chi connectivity index (χ1) is 8.01. The van der Waals surface area contributed by atoms with E-state index in [9.17, 15) is 14.0 Å². The quantitative estimate of drug-likeness (QED) is 0.472. The maximum Gasteiger partial charge on any atom is 0.182 e. The van der Waals surface area contributed by atoms with Crippen molar-refractivity contribution in [1.82, 2.24) is 0 Å². The summed E-state index contributed by atoms with van der Waals surface area (Å²) in [5, 5.41) is -2.36. The van der Waals surface area contributed by atoms with Gasteiger partial charge in [-0.3, -0.25) is 4.79 Å². The van der Waals surface area contributed by atoms with Crippen molar-refractivity contribution in [1.29, 1.82) is 0 Å². The lowest BCUT2D eigenvalue weighted by atomic mass is 10.1. The molecule has 17 heavy (non-hydrogen) atoms. The second-order valence-corrected chi connectivity index (χ2v) is 4.17. The third-order valence-corrected chi connectivity index (χ3v) is 3.05. The molecule has 0 aromatic heterocycles. The van der Waals surface area contributed by atoms with E-state index in [0.717, 1.165) is 6.07 Å². The van der Waals surface area contributed by atoms with E-state index in [4.69, 9.17) is 27.9 Å². The minimum absolute atomic E-state index is 0.0190. The van der Waals surface area contributed by atoms with E-state index in [-0.39, 0.29) is 11.3 Å². The average Bonchev–Trinajstić information content (AvgIpc) is 2.35. The van der Waals surface area contributed by atoms with Crippen molar-refractivity contribution >= 4 is 35.3 Å². The molecule has 6 heteroatoms. The van der Waals surface area contributed by atoms with Crippen LogP contribution in [0, 0.1) is 5.82 Å². The number of aldehydes is 1. The Hall–Kier alpha value is -1.13. The van der Waals surface area contributed by atoms with E-state index in [2.05, 4.69) is 0 Å². The zero-order valence-corrected chi connectivity index (χ0v) is 10.3. The van der Waals surface area contributed by atoms with Gasteiger partial charge in [0.2, 0.25) is 0 Å².